The van der Waals surface area contributed by atoms with E-state index in [4.69, 9.17) is 0 Å². The van der Waals surface area contributed by atoms with Crippen LogP contribution in [-0.2, 0) is 6.18 Å². The van der Waals surface area contributed by atoms with Gasteiger partial charge in [-0.2, -0.15) is 13.2 Å². The van der Waals surface area contributed by atoms with Gasteiger partial charge in [0.15, 0.2) is 0 Å². The second-order valence-electron chi connectivity index (χ2n) is 3.70. The minimum Gasteiger partial charge on any atom is -0.321 e. The second kappa shape index (κ2) is 5.26. The minimum atomic E-state index is -4.38. The summed E-state index contributed by atoms with van der Waals surface area (Å²) in [6.07, 6.45) is -4.38. The second-order valence-corrected chi connectivity index (χ2v) is 5.13. The zero-order valence-corrected chi connectivity index (χ0v) is 11.1. The Kier molecular flexibility index (Phi) is 3.86. The van der Waals surface area contributed by atoms with Crippen molar-refractivity contribution in [2.75, 3.05) is 5.32 Å². The van der Waals surface area contributed by atoms with Gasteiger partial charge in [-0.15, -0.1) is 24.0 Å². The molecule has 2 aromatic rings. The number of hydrogen-bond donors (Lipinski definition) is 2. The van der Waals surface area contributed by atoms with Crippen LogP contribution in [0.25, 0.3) is 0 Å². The van der Waals surface area contributed by atoms with E-state index in [0.29, 0.717) is 15.5 Å². The molecule has 0 aliphatic heterocycles. The van der Waals surface area contributed by atoms with Gasteiger partial charge in [0.1, 0.15) is 0 Å². The van der Waals surface area contributed by atoms with Crippen LogP contribution in [0.5, 0.6) is 0 Å². The number of thiophene rings is 1. The number of rotatable bonds is 2. The molecule has 0 aliphatic rings. The van der Waals surface area contributed by atoms with Gasteiger partial charge < -0.3 is 5.32 Å². The van der Waals surface area contributed by atoms with Crippen molar-refractivity contribution in [1.29, 1.82) is 0 Å². The van der Waals surface area contributed by atoms with Crippen LogP contribution in [0.4, 0.5) is 18.9 Å². The van der Waals surface area contributed by atoms with Crippen LogP contribution in [0.2, 0.25) is 0 Å². The van der Waals surface area contributed by atoms with Crippen molar-refractivity contribution >= 4 is 35.6 Å². The molecule has 0 aliphatic carbocycles. The lowest BCUT2D eigenvalue weighted by Crippen LogP contribution is -2.10. The van der Waals surface area contributed by atoms with Gasteiger partial charge in [0.05, 0.1) is 10.4 Å². The standard InChI is InChI=1S/C12H8F3NOS2/c13-12(14,15)7-1-3-8(4-2-7)16-11(17)10-5-9(18)6-19-10/h1-6,18H,(H,16,17). The maximum Gasteiger partial charge on any atom is 0.416 e. The molecule has 1 heterocycles. The monoisotopic (exact) mass is 303 g/mol. The van der Waals surface area contributed by atoms with Crippen molar-refractivity contribution in [3.05, 3.63) is 46.2 Å². The third kappa shape index (κ3) is 3.51. The van der Waals surface area contributed by atoms with Crippen LogP contribution in [0.15, 0.2) is 40.6 Å². The average Bonchev–Trinajstić information content (AvgIpc) is 2.75. The minimum absolute atomic E-state index is 0.312. The van der Waals surface area contributed by atoms with Crippen molar-refractivity contribution in [1.82, 2.24) is 0 Å². The van der Waals surface area contributed by atoms with Crippen LogP contribution in [-0.4, -0.2) is 5.91 Å². The number of alkyl halides is 3. The Labute approximate surface area is 116 Å². The van der Waals surface area contributed by atoms with Crippen LogP contribution in [0.3, 0.4) is 0 Å². The van der Waals surface area contributed by atoms with Gasteiger partial charge in [0.25, 0.3) is 5.91 Å². The molecule has 0 saturated heterocycles. The summed E-state index contributed by atoms with van der Waals surface area (Å²) in [6, 6.07) is 5.88. The van der Waals surface area contributed by atoms with E-state index in [1.165, 1.54) is 23.5 Å². The highest BCUT2D eigenvalue weighted by Gasteiger charge is 2.29. The Morgan fingerprint density at radius 2 is 1.84 bits per heavy atom. The van der Waals surface area contributed by atoms with Crippen LogP contribution >= 0.6 is 24.0 Å². The van der Waals surface area contributed by atoms with Crippen molar-refractivity contribution in [2.45, 2.75) is 11.1 Å². The van der Waals surface area contributed by atoms with Crippen molar-refractivity contribution < 1.29 is 18.0 Å². The fraction of sp³-hybridized carbons (Fsp3) is 0.0833. The number of nitrogens with one attached hydrogen (secondary N) is 1. The topological polar surface area (TPSA) is 29.1 Å². The molecule has 0 unspecified atom stereocenters. The summed E-state index contributed by atoms with van der Waals surface area (Å²) >= 11 is 5.29. The maximum atomic E-state index is 12.4. The number of carbonyl (C=O) groups excluding carboxylic acids is 1. The molecular weight excluding hydrogens is 295 g/mol. The van der Waals surface area contributed by atoms with E-state index < -0.39 is 11.7 Å². The summed E-state index contributed by atoms with van der Waals surface area (Å²) < 4.78 is 37.1. The smallest absolute Gasteiger partial charge is 0.321 e. The largest absolute Gasteiger partial charge is 0.416 e. The fourth-order valence-corrected chi connectivity index (χ4v) is 2.42. The molecular formula is C12H8F3NOS2. The van der Waals surface area contributed by atoms with E-state index in [9.17, 15) is 18.0 Å². The van der Waals surface area contributed by atoms with Gasteiger partial charge in [0.2, 0.25) is 0 Å². The number of thiol groups is 1. The highest BCUT2D eigenvalue weighted by atomic mass is 32.1. The quantitative estimate of drug-likeness (QED) is 0.795. The van der Waals surface area contributed by atoms with E-state index in [0.717, 1.165) is 12.1 Å². The van der Waals surface area contributed by atoms with Crippen molar-refractivity contribution in [2.24, 2.45) is 0 Å². The number of amides is 1. The number of hydrogen-bond acceptors (Lipinski definition) is 3. The molecule has 0 saturated carbocycles. The lowest BCUT2D eigenvalue weighted by Gasteiger charge is -2.08. The summed E-state index contributed by atoms with van der Waals surface area (Å²) in [5.41, 5.74) is -0.439. The number of carbonyl (C=O) groups is 1. The van der Waals surface area contributed by atoms with Gasteiger partial charge in [-0.1, -0.05) is 0 Å². The highest BCUT2D eigenvalue weighted by molar-refractivity contribution is 7.80. The summed E-state index contributed by atoms with van der Waals surface area (Å²) in [4.78, 5) is 12.9. The molecule has 1 amide bonds. The molecule has 0 spiro atoms. The predicted molar refractivity (Wildman–Crippen MR) is 71.0 cm³/mol. The van der Waals surface area contributed by atoms with Crippen LogP contribution in [0, 0.1) is 0 Å². The van der Waals surface area contributed by atoms with Gasteiger partial charge >= 0.3 is 6.18 Å². The Balaban J connectivity index is 2.10. The first-order valence-electron chi connectivity index (χ1n) is 5.12. The first-order valence-corrected chi connectivity index (χ1v) is 6.45. The van der Waals surface area contributed by atoms with Crippen LogP contribution in [0.1, 0.15) is 15.2 Å². The van der Waals surface area contributed by atoms with Gasteiger partial charge in [-0.3, -0.25) is 4.79 Å². The van der Waals surface area contributed by atoms with Gasteiger partial charge in [-0.25, -0.2) is 0 Å². The lowest BCUT2D eigenvalue weighted by molar-refractivity contribution is -0.137. The Morgan fingerprint density at radius 1 is 1.21 bits per heavy atom. The maximum absolute atomic E-state index is 12.4. The zero-order chi connectivity index (χ0) is 14.0. The first kappa shape index (κ1) is 14.0. The van der Waals surface area contributed by atoms with Crippen LogP contribution < -0.4 is 5.32 Å². The van der Waals surface area contributed by atoms with E-state index in [1.54, 1.807) is 11.4 Å². The molecule has 19 heavy (non-hydrogen) atoms. The first-order chi connectivity index (χ1) is 8.86. The summed E-state index contributed by atoms with van der Waals surface area (Å²) in [7, 11) is 0. The molecule has 7 heteroatoms. The summed E-state index contributed by atoms with van der Waals surface area (Å²) in [6.45, 7) is 0. The fourth-order valence-electron chi connectivity index (χ4n) is 1.38. The molecule has 1 aromatic heterocycles. The molecule has 2 nitrogen and oxygen atoms in total. The molecule has 0 fully saturated rings. The predicted octanol–water partition coefficient (Wildman–Crippen LogP) is 4.31. The number of benzene rings is 1. The van der Waals surface area contributed by atoms with E-state index in [-0.39, 0.29) is 5.91 Å². The lowest BCUT2D eigenvalue weighted by atomic mass is 10.2. The van der Waals surface area contributed by atoms with Gasteiger partial charge in [-0.05, 0) is 30.3 Å². The Morgan fingerprint density at radius 3 is 2.32 bits per heavy atom. The number of halogens is 3. The van der Waals surface area contributed by atoms with E-state index >= 15 is 0 Å². The summed E-state index contributed by atoms with van der Waals surface area (Å²) in [5.74, 6) is -0.370. The molecule has 0 bridgehead atoms. The molecule has 1 aromatic carbocycles. The Hall–Kier alpha value is -1.47. The van der Waals surface area contributed by atoms with Crippen molar-refractivity contribution in [3.63, 3.8) is 0 Å². The highest BCUT2D eigenvalue weighted by Crippen LogP contribution is 2.30. The zero-order valence-electron chi connectivity index (χ0n) is 9.36. The molecule has 1 N–H and O–H groups in total. The molecule has 0 radical (unpaired) electrons. The SMILES string of the molecule is O=C(Nc1ccc(C(F)(F)F)cc1)c1cc(S)cs1. The van der Waals surface area contributed by atoms with E-state index in [2.05, 4.69) is 17.9 Å². The molecule has 100 valence electrons. The van der Waals surface area contributed by atoms with Crippen molar-refractivity contribution in [3.8, 4) is 0 Å². The Bertz CT molecular complexity index is 590. The van der Waals surface area contributed by atoms with Gasteiger partial charge in [0, 0.05) is 16.0 Å². The number of anilines is 1. The normalized spacial score (nSPS) is 11.4. The molecule has 2 rings (SSSR count). The summed E-state index contributed by atoms with van der Waals surface area (Å²) in [5, 5.41) is 4.22. The average molecular weight is 303 g/mol. The third-order valence-electron chi connectivity index (χ3n) is 2.28. The third-order valence-corrected chi connectivity index (χ3v) is 3.64. The molecule has 0 atom stereocenters. The van der Waals surface area contributed by atoms with E-state index in [1.807, 2.05) is 0 Å².